The zero-order valence-corrected chi connectivity index (χ0v) is 51.3. The van der Waals surface area contributed by atoms with E-state index in [0.717, 1.165) is 44.9 Å². The maximum atomic E-state index is 12.5. The molecule has 3 N–H and O–H groups in total. The van der Waals surface area contributed by atoms with Crippen LogP contribution in [0.2, 0.25) is 0 Å². The standard InChI is InChI=1S/C70H133NO5/c1-3-5-7-9-11-13-15-17-18-19-20-30-33-36-39-42-46-50-54-58-62-68(73)67(66-72)71-69(74)63-59-55-51-47-43-40-37-34-31-28-26-24-22-21-23-25-27-29-32-35-38-41-45-49-53-57-61-65-76-70(75)64-60-56-52-48-44-16-14-12-10-8-6-4-2/h21-22,25,27,58,62,67-68,72-73H,3-20,23-24,26,28-57,59-61,63-66H2,1-2H3,(H,71,74)/b22-21-,27-25-,62-58+. The molecule has 0 aliphatic carbocycles. The molecule has 0 fully saturated rings. The van der Waals surface area contributed by atoms with Crippen molar-refractivity contribution in [3.63, 3.8) is 0 Å². The lowest BCUT2D eigenvalue weighted by atomic mass is 10.0. The van der Waals surface area contributed by atoms with Crippen molar-refractivity contribution in [3.05, 3.63) is 36.5 Å². The highest BCUT2D eigenvalue weighted by atomic mass is 16.5. The third kappa shape index (κ3) is 61.3. The number of hydrogen-bond donors (Lipinski definition) is 3. The number of carbonyl (C=O) groups excluding carboxylic acids is 2. The summed E-state index contributed by atoms with van der Waals surface area (Å²) in [5, 5.41) is 23.2. The smallest absolute Gasteiger partial charge is 0.305 e. The maximum absolute atomic E-state index is 12.5. The van der Waals surface area contributed by atoms with Gasteiger partial charge in [-0.2, -0.15) is 0 Å². The van der Waals surface area contributed by atoms with Crippen molar-refractivity contribution in [2.75, 3.05) is 13.2 Å². The van der Waals surface area contributed by atoms with Crippen LogP contribution >= 0.6 is 0 Å². The summed E-state index contributed by atoms with van der Waals surface area (Å²) in [7, 11) is 0. The zero-order chi connectivity index (χ0) is 55.0. The van der Waals surface area contributed by atoms with Gasteiger partial charge in [0.2, 0.25) is 5.91 Å². The van der Waals surface area contributed by atoms with Crippen molar-refractivity contribution in [3.8, 4) is 0 Å². The Bertz CT molecular complexity index is 1230. The Hall–Kier alpha value is -1.92. The van der Waals surface area contributed by atoms with E-state index >= 15 is 0 Å². The van der Waals surface area contributed by atoms with Crippen molar-refractivity contribution in [2.45, 2.75) is 386 Å². The minimum absolute atomic E-state index is 0.0112. The predicted octanol–water partition coefficient (Wildman–Crippen LogP) is 21.9. The average Bonchev–Trinajstić information content (AvgIpc) is 3.42. The molecule has 1 amide bonds. The summed E-state index contributed by atoms with van der Waals surface area (Å²) in [6.07, 6.45) is 83.5. The molecule has 448 valence electrons. The van der Waals surface area contributed by atoms with E-state index in [-0.39, 0.29) is 18.5 Å². The van der Waals surface area contributed by atoms with Gasteiger partial charge >= 0.3 is 5.97 Å². The first-order chi connectivity index (χ1) is 37.5. The Morgan fingerprint density at radius 2 is 0.658 bits per heavy atom. The summed E-state index contributed by atoms with van der Waals surface area (Å²) in [6.45, 7) is 4.93. The molecule has 0 aromatic heterocycles. The quantitative estimate of drug-likeness (QED) is 0.0320. The summed E-state index contributed by atoms with van der Waals surface area (Å²) in [6, 6.07) is -0.631. The number of hydrogen-bond acceptors (Lipinski definition) is 5. The normalized spacial score (nSPS) is 12.7. The van der Waals surface area contributed by atoms with Crippen LogP contribution in [0.25, 0.3) is 0 Å². The molecule has 2 unspecified atom stereocenters. The minimum atomic E-state index is -0.848. The molecule has 0 bridgehead atoms. The summed E-state index contributed by atoms with van der Waals surface area (Å²) >= 11 is 0. The van der Waals surface area contributed by atoms with Crippen molar-refractivity contribution in [1.82, 2.24) is 5.32 Å². The second kappa shape index (κ2) is 65.6. The number of amides is 1. The van der Waals surface area contributed by atoms with Crippen LogP contribution in [-0.4, -0.2) is 47.4 Å². The second-order valence-corrected chi connectivity index (χ2v) is 23.5. The first-order valence-corrected chi connectivity index (χ1v) is 34.3. The maximum Gasteiger partial charge on any atom is 0.305 e. The van der Waals surface area contributed by atoms with Gasteiger partial charge in [0, 0.05) is 12.8 Å². The largest absolute Gasteiger partial charge is 0.466 e. The van der Waals surface area contributed by atoms with Crippen LogP contribution in [0.5, 0.6) is 0 Å². The lowest BCUT2D eigenvalue weighted by Crippen LogP contribution is -2.45. The number of ether oxygens (including phenoxy) is 1. The van der Waals surface area contributed by atoms with Crippen LogP contribution in [0.1, 0.15) is 373 Å². The van der Waals surface area contributed by atoms with E-state index in [2.05, 4.69) is 43.5 Å². The fourth-order valence-corrected chi connectivity index (χ4v) is 10.7. The molecule has 0 rings (SSSR count). The van der Waals surface area contributed by atoms with Crippen molar-refractivity contribution in [2.24, 2.45) is 0 Å². The van der Waals surface area contributed by atoms with Gasteiger partial charge in [-0.15, -0.1) is 0 Å². The van der Waals surface area contributed by atoms with E-state index in [1.165, 1.54) is 302 Å². The van der Waals surface area contributed by atoms with Crippen molar-refractivity contribution < 1.29 is 24.5 Å². The van der Waals surface area contributed by atoms with E-state index in [4.69, 9.17) is 4.74 Å². The Morgan fingerprint density at radius 1 is 0.368 bits per heavy atom. The molecule has 0 saturated heterocycles. The SMILES string of the molecule is CCCCCCCCCCCCCCCCCCCC/C=C/C(O)C(CO)NC(=O)CCCCCCCCCCCCC/C=C\C/C=C\CCCCCCCCCCCOC(=O)CCCCCCCCCCCCCC. The number of aliphatic hydroxyl groups excluding tert-OH is 2. The molecular weight excluding hydrogens is 935 g/mol. The summed E-state index contributed by atoms with van der Waals surface area (Å²) in [4.78, 5) is 24.5. The molecule has 76 heavy (non-hydrogen) atoms. The lowest BCUT2D eigenvalue weighted by molar-refractivity contribution is -0.143. The highest BCUT2D eigenvalue weighted by Gasteiger charge is 2.18. The van der Waals surface area contributed by atoms with Crippen LogP contribution < -0.4 is 5.32 Å². The van der Waals surface area contributed by atoms with Crippen LogP contribution in [-0.2, 0) is 14.3 Å². The van der Waals surface area contributed by atoms with Crippen molar-refractivity contribution >= 4 is 11.9 Å². The lowest BCUT2D eigenvalue weighted by Gasteiger charge is -2.20. The highest BCUT2D eigenvalue weighted by molar-refractivity contribution is 5.76. The minimum Gasteiger partial charge on any atom is -0.466 e. The number of allylic oxidation sites excluding steroid dienone is 5. The van der Waals surface area contributed by atoms with E-state index in [0.29, 0.717) is 19.4 Å². The van der Waals surface area contributed by atoms with Crippen LogP contribution in [0.4, 0.5) is 0 Å². The summed E-state index contributed by atoms with van der Waals surface area (Å²) < 4.78 is 5.47. The fourth-order valence-electron chi connectivity index (χ4n) is 10.7. The summed E-state index contributed by atoms with van der Waals surface area (Å²) in [5.74, 6) is -0.0567. The van der Waals surface area contributed by atoms with E-state index in [1.807, 2.05) is 6.08 Å². The Balaban J connectivity index is 3.45. The predicted molar refractivity (Wildman–Crippen MR) is 333 cm³/mol. The van der Waals surface area contributed by atoms with Gasteiger partial charge in [0.15, 0.2) is 0 Å². The third-order valence-electron chi connectivity index (χ3n) is 15.9. The van der Waals surface area contributed by atoms with Gasteiger partial charge in [-0.1, -0.05) is 333 Å². The Kier molecular flexibility index (Phi) is 63.9. The first kappa shape index (κ1) is 74.1. The molecule has 0 aromatic rings. The molecule has 0 aliphatic rings. The van der Waals surface area contributed by atoms with Crippen LogP contribution in [0.3, 0.4) is 0 Å². The third-order valence-corrected chi connectivity index (χ3v) is 15.9. The highest BCUT2D eigenvalue weighted by Crippen LogP contribution is 2.18. The monoisotopic (exact) mass is 1070 g/mol. The number of esters is 1. The van der Waals surface area contributed by atoms with Gasteiger partial charge in [-0.3, -0.25) is 9.59 Å². The number of nitrogens with one attached hydrogen (secondary N) is 1. The molecule has 6 heteroatoms. The second-order valence-electron chi connectivity index (χ2n) is 23.5. The van der Waals surface area contributed by atoms with Gasteiger partial charge in [0.25, 0.3) is 0 Å². The van der Waals surface area contributed by atoms with Gasteiger partial charge in [-0.25, -0.2) is 0 Å². The average molecular weight is 1070 g/mol. The number of carbonyl (C=O) groups is 2. The molecule has 0 aliphatic heterocycles. The molecule has 0 aromatic carbocycles. The molecular formula is C70H133NO5. The van der Waals surface area contributed by atoms with Crippen LogP contribution in [0.15, 0.2) is 36.5 Å². The van der Waals surface area contributed by atoms with Gasteiger partial charge in [-0.05, 0) is 64.2 Å². The Labute approximate surface area is 474 Å². The van der Waals surface area contributed by atoms with E-state index in [9.17, 15) is 19.8 Å². The molecule has 0 spiro atoms. The van der Waals surface area contributed by atoms with Gasteiger partial charge in [0.05, 0.1) is 25.4 Å². The van der Waals surface area contributed by atoms with Gasteiger partial charge < -0.3 is 20.3 Å². The zero-order valence-electron chi connectivity index (χ0n) is 51.3. The fraction of sp³-hybridized carbons (Fsp3) is 0.886. The number of aliphatic hydroxyl groups is 2. The number of rotatable bonds is 64. The molecule has 0 radical (unpaired) electrons. The topological polar surface area (TPSA) is 95.9 Å². The molecule has 0 heterocycles. The van der Waals surface area contributed by atoms with Gasteiger partial charge in [0.1, 0.15) is 0 Å². The number of unbranched alkanes of at least 4 members (excludes halogenated alkanes) is 49. The van der Waals surface area contributed by atoms with E-state index < -0.39 is 12.1 Å². The molecule has 0 saturated carbocycles. The van der Waals surface area contributed by atoms with Crippen molar-refractivity contribution in [1.29, 1.82) is 0 Å². The van der Waals surface area contributed by atoms with Crippen LogP contribution in [0, 0.1) is 0 Å². The molecule has 6 nitrogen and oxygen atoms in total. The molecule has 2 atom stereocenters. The van der Waals surface area contributed by atoms with E-state index in [1.54, 1.807) is 6.08 Å². The first-order valence-electron chi connectivity index (χ1n) is 34.3. The Morgan fingerprint density at radius 3 is 1.00 bits per heavy atom. The summed E-state index contributed by atoms with van der Waals surface area (Å²) in [5.41, 5.74) is 0.